The number of nitrogen functional groups attached to an aromatic ring is 1. The molecule has 0 radical (unpaired) electrons. The van der Waals surface area contributed by atoms with Crippen molar-refractivity contribution in [3.8, 4) is 5.75 Å². The molecule has 4 atom stereocenters. The number of anilines is 1. The zero-order chi connectivity index (χ0) is 30.6. The molecule has 0 spiro atoms. The molecule has 4 aromatic rings. The largest absolute Gasteiger partial charge is 0.497 e. The van der Waals surface area contributed by atoms with Crippen LogP contribution >= 0.6 is 0 Å². The summed E-state index contributed by atoms with van der Waals surface area (Å²) in [5, 5.41) is 0. The van der Waals surface area contributed by atoms with E-state index in [4.69, 9.17) is 24.4 Å². The monoisotopic (exact) mass is 599 g/mol. The van der Waals surface area contributed by atoms with Crippen molar-refractivity contribution in [2.45, 2.75) is 57.8 Å². The maximum Gasteiger partial charge on any atom is 0.351 e. The van der Waals surface area contributed by atoms with E-state index in [1.807, 2.05) is 60.7 Å². The van der Waals surface area contributed by atoms with Gasteiger partial charge in [-0.1, -0.05) is 93.6 Å². The molecule has 4 unspecified atom stereocenters. The molecule has 0 amide bonds. The third kappa shape index (κ3) is 6.31. The molecule has 5 rings (SSSR count). The molecule has 0 bridgehead atoms. The minimum absolute atomic E-state index is 0.175. The van der Waals surface area contributed by atoms with Crippen LogP contribution in [0.4, 0.5) is 5.82 Å². The van der Waals surface area contributed by atoms with Crippen molar-refractivity contribution < 1.29 is 18.6 Å². The van der Waals surface area contributed by atoms with Crippen molar-refractivity contribution in [2.24, 2.45) is 11.3 Å². The SMILES string of the molecule is COc1ccc(COC(c2ccccc2)(c2ccccc2)C2CC(n3ccc(N)nc3=O)OC2C(O[SiH3])C(C)(C)C)cc1. The van der Waals surface area contributed by atoms with Gasteiger partial charge in [-0.25, -0.2) is 4.79 Å². The Morgan fingerprint density at radius 1 is 0.977 bits per heavy atom. The van der Waals surface area contributed by atoms with Crippen molar-refractivity contribution in [1.82, 2.24) is 9.55 Å². The minimum Gasteiger partial charge on any atom is -0.497 e. The maximum atomic E-state index is 13.1. The van der Waals surface area contributed by atoms with Crippen LogP contribution in [0.2, 0.25) is 0 Å². The van der Waals surface area contributed by atoms with Crippen LogP contribution in [0.1, 0.15) is 50.1 Å². The molecule has 2 heterocycles. The van der Waals surface area contributed by atoms with Crippen molar-refractivity contribution in [3.63, 3.8) is 0 Å². The standard InChI is InChI=1S/C34H41N3O5Si/c1-33(2,3)31(42-43)30-27(21-29(41-30)37-20-19-28(35)36-32(37)38)34(24-11-7-5-8-12-24,25-13-9-6-10-14-25)40-22-23-15-17-26(39-4)18-16-23/h5-20,27,29-31H,21-22H2,1-4,43H3,(H2,35,36,38). The minimum atomic E-state index is -0.948. The van der Waals surface area contributed by atoms with Gasteiger partial charge in [-0.3, -0.25) is 4.57 Å². The number of nitrogens with zero attached hydrogens (tertiary/aromatic N) is 2. The first-order chi connectivity index (χ1) is 20.7. The summed E-state index contributed by atoms with van der Waals surface area (Å²) in [4.78, 5) is 17.0. The van der Waals surface area contributed by atoms with E-state index in [0.717, 1.165) is 22.4 Å². The Hall–Kier alpha value is -3.76. The molecule has 1 aromatic heterocycles. The molecule has 1 saturated heterocycles. The van der Waals surface area contributed by atoms with E-state index in [0.29, 0.717) is 23.5 Å². The van der Waals surface area contributed by atoms with Gasteiger partial charge in [0.15, 0.2) is 0 Å². The van der Waals surface area contributed by atoms with E-state index < -0.39 is 23.6 Å². The van der Waals surface area contributed by atoms with Gasteiger partial charge in [-0.2, -0.15) is 4.98 Å². The Balaban J connectivity index is 1.70. The number of benzene rings is 3. The zero-order valence-corrected chi connectivity index (χ0v) is 27.5. The molecule has 226 valence electrons. The molecule has 1 aliphatic rings. The molecule has 8 nitrogen and oxygen atoms in total. The number of nitrogens with two attached hydrogens (primary N) is 1. The first-order valence-electron chi connectivity index (χ1n) is 14.6. The van der Waals surface area contributed by atoms with Gasteiger partial charge in [-0.15, -0.1) is 0 Å². The van der Waals surface area contributed by atoms with Crippen LogP contribution in [0.25, 0.3) is 0 Å². The van der Waals surface area contributed by atoms with Crippen LogP contribution in [0, 0.1) is 11.3 Å². The van der Waals surface area contributed by atoms with Gasteiger partial charge >= 0.3 is 5.69 Å². The topological polar surface area (TPSA) is 97.8 Å². The summed E-state index contributed by atoms with van der Waals surface area (Å²) in [6.45, 7) is 6.81. The Morgan fingerprint density at radius 3 is 2.09 bits per heavy atom. The summed E-state index contributed by atoms with van der Waals surface area (Å²) in [6.07, 6.45) is 0.882. The Morgan fingerprint density at radius 2 is 1.58 bits per heavy atom. The van der Waals surface area contributed by atoms with Gasteiger partial charge in [0.1, 0.15) is 33.9 Å². The Kier molecular flexibility index (Phi) is 9.17. The third-order valence-corrected chi connectivity index (χ3v) is 8.79. The van der Waals surface area contributed by atoms with E-state index in [1.54, 1.807) is 19.4 Å². The lowest BCUT2D eigenvalue weighted by Gasteiger charge is -2.45. The van der Waals surface area contributed by atoms with E-state index in [2.05, 4.69) is 50.0 Å². The highest BCUT2D eigenvalue weighted by Gasteiger charge is 2.56. The highest BCUT2D eigenvalue weighted by Crippen LogP contribution is 2.53. The van der Waals surface area contributed by atoms with Crippen molar-refractivity contribution in [3.05, 3.63) is 124 Å². The van der Waals surface area contributed by atoms with Crippen LogP contribution in [-0.2, 0) is 26.1 Å². The highest BCUT2D eigenvalue weighted by atomic mass is 28.2. The second kappa shape index (κ2) is 12.8. The molecule has 0 saturated carbocycles. The summed E-state index contributed by atoms with van der Waals surface area (Å²) in [5.74, 6) is 0.713. The van der Waals surface area contributed by atoms with Gasteiger partial charge in [0.2, 0.25) is 0 Å². The van der Waals surface area contributed by atoms with E-state index >= 15 is 0 Å². The van der Waals surface area contributed by atoms with E-state index in [-0.39, 0.29) is 23.3 Å². The summed E-state index contributed by atoms with van der Waals surface area (Å²) in [5.41, 5.74) is 7.19. The number of methoxy groups -OCH3 is 1. The second-order valence-corrected chi connectivity index (χ2v) is 12.5. The summed E-state index contributed by atoms with van der Waals surface area (Å²) in [7, 11) is 2.18. The van der Waals surface area contributed by atoms with Gasteiger partial charge in [0.05, 0.1) is 25.9 Å². The molecule has 43 heavy (non-hydrogen) atoms. The van der Waals surface area contributed by atoms with Crippen molar-refractivity contribution >= 4 is 16.3 Å². The lowest BCUT2D eigenvalue weighted by molar-refractivity contribution is -0.136. The molecule has 0 aliphatic carbocycles. The van der Waals surface area contributed by atoms with E-state index in [1.165, 1.54) is 4.57 Å². The maximum absolute atomic E-state index is 13.1. The fourth-order valence-electron chi connectivity index (χ4n) is 6.33. The van der Waals surface area contributed by atoms with Gasteiger partial charge in [-0.05, 0) is 40.3 Å². The Bertz CT molecular complexity index is 1500. The predicted octanol–water partition coefficient (Wildman–Crippen LogP) is 4.61. The number of rotatable bonds is 10. The molecular weight excluding hydrogens is 558 g/mol. The average Bonchev–Trinajstić information content (AvgIpc) is 3.43. The van der Waals surface area contributed by atoms with Crippen molar-refractivity contribution in [2.75, 3.05) is 12.8 Å². The summed E-state index contributed by atoms with van der Waals surface area (Å²) in [6, 6.07) is 30.1. The zero-order valence-electron chi connectivity index (χ0n) is 25.5. The first-order valence-corrected chi connectivity index (χ1v) is 15.4. The number of hydrogen-bond acceptors (Lipinski definition) is 7. The first kappa shape index (κ1) is 30.7. The molecule has 9 heteroatoms. The fraction of sp³-hybridized carbons (Fsp3) is 0.353. The van der Waals surface area contributed by atoms with Gasteiger partial charge in [0.25, 0.3) is 0 Å². The van der Waals surface area contributed by atoms with Crippen molar-refractivity contribution in [1.29, 1.82) is 0 Å². The fourth-order valence-corrected chi connectivity index (χ4v) is 7.30. The summed E-state index contributed by atoms with van der Waals surface area (Å²) >= 11 is 0. The van der Waals surface area contributed by atoms with Crippen LogP contribution in [-0.4, -0.2) is 39.4 Å². The smallest absolute Gasteiger partial charge is 0.351 e. The van der Waals surface area contributed by atoms with Crippen LogP contribution in [0.3, 0.4) is 0 Å². The normalized spacial score (nSPS) is 19.8. The van der Waals surface area contributed by atoms with Gasteiger partial charge in [0, 0.05) is 18.5 Å². The quantitative estimate of drug-likeness (QED) is 0.266. The third-order valence-electron chi connectivity index (χ3n) is 8.29. The lowest BCUT2D eigenvalue weighted by atomic mass is 9.69. The van der Waals surface area contributed by atoms with Crippen LogP contribution in [0.15, 0.2) is 102 Å². The van der Waals surface area contributed by atoms with Crippen LogP contribution in [0.5, 0.6) is 5.75 Å². The number of ether oxygens (including phenoxy) is 3. The van der Waals surface area contributed by atoms with Gasteiger partial charge < -0.3 is 24.4 Å². The van der Waals surface area contributed by atoms with E-state index in [9.17, 15) is 4.79 Å². The molecule has 1 aliphatic heterocycles. The highest BCUT2D eigenvalue weighted by molar-refractivity contribution is 5.98. The van der Waals surface area contributed by atoms with Crippen LogP contribution < -0.4 is 16.2 Å². The average molecular weight is 600 g/mol. The number of hydrogen-bond donors (Lipinski definition) is 1. The molecular formula is C34H41N3O5Si. The lowest BCUT2D eigenvalue weighted by Crippen LogP contribution is -2.50. The Labute approximate surface area is 256 Å². The number of aromatic nitrogens is 2. The summed E-state index contributed by atoms with van der Waals surface area (Å²) < 4.78 is 27.4. The molecule has 1 fully saturated rings. The molecule has 3 aromatic carbocycles. The predicted molar refractivity (Wildman–Crippen MR) is 171 cm³/mol. The molecule has 2 N–H and O–H groups in total. The second-order valence-electron chi connectivity index (χ2n) is 12.1.